The van der Waals surface area contributed by atoms with Crippen LogP contribution in [-0.4, -0.2) is 18.4 Å². The van der Waals surface area contributed by atoms with Crippen LogP contribution in [0.25, 0.3) is 0 Å². The van der Waals surface area contributed by atoms with Crippen LogP contribution < -0.4 is 16.4 Å². The highest BCUT2D eigenvalue weighted by atomic mass is 35.5. The third-order valence-electron chi connectivity index (χ3n) is 1.78. The van der Waals surface area contributed by atoms with Crippen molar-refractivity contribution in [3.63, 3.8) is 0 Å². The Hall–Kier alpha value is -1.75. The number of likely N-dealkylation sites (N-methyl/N-ethyl adjacent to an activating group) is 1. The summed E-state index contributed by atoms with van der Waals surface area (Å²) in [6.45, 7) is 2.11. The molecule has 0 atom stereocenters. The van der Waals surface area contributed by atoms with Crippen LogP contribution in [0.4, 0.5) is 11.4 Å². The van der Waals surface area contributed by atoms with Crippen molar-refractivity contribution < 1.29 is 9.59 Å². The fourth-order valence-corrected chi connectivity index (χ4v) is 1.29. The predicted octanol–water partition coefficient (Wildman–Crippen LogP) is 0.997. The first-order valence-electron chi connectivity index (χ1n) is 4.68. The zero-order valence-electron chi connectivity index (χ0n) is 8.71. The number of hydrogen-bond acceptors (Lipinski definition) is 3. The molecule has 1 rings (SSSR count). The highest BCUT2D eigenvalue weighted by Crippen LogP contribution is 2.23. The van der Waals surface area contributed by atoms with Gasteiger partial charge in [0.25, 0.3) is 0 Å². The van der Waals surface area contributed by atoms with Gasteiger partial charge in [0, 0.05) is 12.2 Å². The van der Waals surface area contributed by atoms with Crippen LogP contribution in [0.2, 0.25) is 5.02 Å². The molecule has 5 nitrogen and oxygen atoms in total. The van der Waals surface area contributed by atoms with Crippen LogP contribution in [-0.2, 0) is 9.59 Å². The van der Waals surface area contributed by atoms with E-state index in [0.29, 0.717) is 17.9 Å². The second-order valence-electron chi connectivity index (χ2n) is 3.05. The Morgan fingerprint density at radius 1 is 1.38 bits per heavy atom. The number of hydrogen-bond donors (Lipinski definition) is 3. The van der Waals surface area contributed by atoms with E-state index >= 15 is 0 Å². The fraction of sp³-hybridized carbons (Fsp3) is 0.200. The van der Waals surface area contributed by atoms with Crippen molar-refractivity contribution in [3.05, 3.63) is 23.2 Å². The van der Waals surface area contributed by atoms with Gasteiger partial charge < -0.3 is 16.4 Å². The summed E-state index contributed by atoms with van der Waals surface area (Å²) >= 11 is 5.83. The second-order valence-corrected chi connectivity index (χ2v) is 3.46. The number of benzene rings is 1. The number of nitrogens with two attached hydrogens (primary N) is 1. The van der Waals surface area contributed by atoms with E-state index in [1.807, 2.05) is 0 Å². The van der Waals surface area contributed by atoms with E-state index in [2.05, 4.69) is 10.6 Å². The third-order valence-corrected chi connectivity index (χ3v) is 2.10. The number of carbonyl (C=O) groups excluding carboxylic acids is 2. The zero-order chi connectivity index (χ0) is 12.1. The van der Waals surface area contributed by atoms with E-state index in [1.165, 1.54) is 12.1 Å². The van der Waals surface area contributed by atoms with Gasteiger partial charge in [-0.25, -0.2) is 0 Å². The first kappa shape index (κ1) is 12.3. The Morgan fingerprint density at radius 2 is 2.06 bits per heavy atom. The molecule has 0 aliphatic rings. The molecule has 16 heavy (non-hydrogen) atoms. The number of carbonyl (C=O) groups is 2. The Labute approximate surface area is 98.0 Å². The van der Waals surface area contributed by atoms with Crippen LogP contribution in [0.3, 0.4) is 0 Å². The van der Waals surface area contributed by atoms with E-state index in [9.17, 15) is 9.59 Å². The maximum atomic E-state index is 11.3. The van der Waals surface area contributed by atoms with Gasteiger partial charge in [0.2, 0.25) is 0 Å². The molecule has 0 aliphatic carbocycles. The molecule has 0 aromatic heterocycles. The van der Waals surface area contributed by atoms with E-state index < -0.39 is 11.8 Å². The lowest BCUT2D eigenvalue weighted by atomic mass is 10.3. The van der Waals surface area contributed by atoms with Crippen molar-refractivity contribution in [1.29, 1.82) is 0 Å². The minimum atomic E-state index is -0.756. The van der Waals surface area contributed by atoms with Gasteiger partial charge in [0.15, 0.2) is 0 Å². The topological polar surface area (TPSA) is 84.2 Å². The van der Waals surface area contributed by atoms with Gasteiger partial charge in [0.05, 0.1) is 10.7 Å². The smallest absolute Gasteiger partial charge is 0.313 e. The van der Waals surface area contributed by atoms with Crippen LogP contribution >= 0.6 is 11.6 Å². The third kappa shape index (κ3) is 3.13. The molecule has 4 N–H and O–H groups in total. The molecule has 2 amide bonds. The Bertz CT molecular complexity index is 421. The fourth-order valence-electron chi connectivity index (χ4n) is 1.05. The molecule has 86 valence electrons. The Kier molecular flexibility index (Phi) is 4.13. The number of nitrogen functional groups attached to an aromatic ring is 1. The summed E-state index contributed by atoms with van der Waals surface area (Å²) in [5.74, 6) is -1.45. The number of anilines is 2. The van der Waals surface area contributed by atoms with Crippen molar-refractivity contribution in [3.8, 4) is 0 Å². The average Bonchev–Trinajstić information content (AvgIpc) is 2.22. The minimum absolute atomic E-state index is 0.289. The maximum Gasteiger partial charge on any atom is 0.313 e. The van der Waals surface area contributed by atoms with E-state index in [1.54, 1.807) is 13.0 Å². The lowest BCUT2D eigenvalue weighted by molar-refractivity contribution is -0.136. The van der Waals surface area contributed by atoms with Gasteiger partial charge in [-0.15, -0.1) is 0 Å². The van der Waals surface area contributed by atoms with Gasteiger partial charge in [-0.3, -0.25) is 9.59 Å². The summed E-state index contributed by atoms with van der Waals surface area (Å²) in [6.07, 6.45) is 0. The van der Waals surface area contributed by atoms with E-state index in [4.69, 9.17) is 17.3 Å². The van der Waals surface area contributed by atoms with Crippen molar-refractivity contribution in [1.82, 2.24) is 5.32 Å². The van der Waals surface area contributed by atoms with E-state index in [0.717, 1.165) is 0 Å². The zero-order valence-corrected chi connectivity index (χ0v) is 9.47. The van der Waals surface area contributed by atoms with Gasteiger partial charge >= 0.3 is 11.8 Å². The van der Waals surface area contributed by atoms with Crippen molar-refractivity contribution >= 4 is 34.8 Å². The van der Waals surface area contributed by atoms with Gasteiger partial charge in [0.1, 0.15) is 0 Å². The molecule has 6 heteroatoms. The van der Waals surface area contributed by atoms with Gasteiger partial charge in [-0.05, 0) is 25.1 Å². The average molecular weight is 242 g/mol. The second kappa shape index (κ2) is 5.37. The molecule has 0 bridgehead atoms. The molecule has 1 aromatic carbocycles. The summed E-state index contributed by atoms with van der Waals surface area (Å²) in [5, 5.41) is 5.05. The monoisotopic (exact) mass is 241 g/mol. The Balaban J connectivity index is 2.73. The van der Waals surface area contributed by atoms with Crippen molar-refractivity contribution in [2.75, 3.05) is 17.6 Å². The van der Waals surface area contributed by atoms with Gasteiger partial charge in [-0.2, -0.15) is 0 Å². The summed E-state index contributed by atoms with van der Waals surface area (Å²) in [4.78, 5) is 22.5. The molecular weight excluding hydrogens is 230 g/mol. The molecule has 1 aromatic rings. The summed E-state index contributed by atoms with van der Waals surface area (Å²) in [6, 6.07) is 4.61. The number of nitrogens with one attached hydrogen (secondary N) is 2. The standard InChI is InChI=1S/C10H12ClN3O2/c1-2-13-9(15)10(16)14-8-4-3-6(12)5-7(8)11/h3-5H,2,12H2,1H3,(H,13,15)(H,14,16). The first-order chi connectivity index (χ1) is 7.54. The molecule has 0 fully saturated rings. The van der Waals surface area contributed by atoms with Crippen LogP contribution in [0.15, 0.2) is 18.2 Å². The number of rotatable bonds is 2. The minimum Gasteiger partial charge on any atom is -0.399 e. The predicted molar refractivity (Wildman–Crippen MR) is 63.2 cm³/mol. The quantitative estimate of drug-likeness (QED) is 0.533. The van der Waals surface area contributed by atoms with Crippen molar-refractivity contribution in [2.45, 2.75) is 6.92 Å². The molecule has 0 unspecified atom stereocenters. The number of amides is 2. The number of halogens is 1. The Morgan fingerprint density at radius 3 is 2.62 bits per heavy atom. The van der Waals surface area contributed by atoms with Gasteiger partial charge in [-0.1, -0.05) is 11.6 Å². The molecule has 0 spiro atoms. The van der Waals surface area contributed by atoms with Crippen LogP contribution in [0, 0.1) is 0 Å². The lowest BCUT2D eigenvalue weighted by Crippen LogP contribution is -2.35. The maximum absolute atomic E-state index is 11.3. The highest BCUT2D eigenvalue weighted by molar-refractivity contribution is 6.41. The van der Waals surface area contributed by atoms with Crippen LogP contribution in [0.1, 0.15) is 6.92 Å². The SMILES string of the molecule is CCNC(=O)C(=O)Nc1ccc(N)cc1Cl. The molecule has 0 heterocycles. The summed E-state index contributed by atoms with van der Waals surface area (Å²) in [5.41, 5.74) is 6.33. The molecule has 0 saturated carbocycles. The molecule has 0 radical (unpaired) electrons. The normalized spacial score (nSPS) is 9.62. The molecule has 0 saturated heterocycles. The highest BCUT2D eigenvalue weighted by Gasteiger charge is 2.13. The van der Waals surface area contributed by atoms with Crippen molar-refractivity contribution in [2.24, 2.45) is 0 Å². The first-order valence-corrected chi connectivity index (χ1v) is 5.06. The van der Waals surface area contributed by atoms with Crippen LogP contribution in [0.5, 0.6) is 0 Å². The lowest BCUT2D eigenvalue weighted by Gasteiger charge is -2.07. The summed E-state index contributed by atoms with van der Waals surface area (Å²) in [7, 11) is 0. The largest absolute Gasteiger partial charge is 0.399 e. The molecular formula is C10H12ClN3O2. The summed E-state index contributed by atoms with van der Waals surface area (Å²) < 4.78 is 0. The molecule has 0 aliphatic heterocycles. The van der Waals surface area contributed by atoms with E-state index in [-0.39, 0.29) is 5.02 Å².